The zero-order chi connectivity index (χ0) is 13.1. The Morgan fingerprint density at radius 3 is 2.59 bits per heavy atom. The third-order valence-electron chi connectivity index (χ3n) is 2.71. The number of aliphatic carboxylic acids is 1. The SMILES string of the molecule is CC(C)(CCc1cc(Br)ccc1Br)CC(=O)O. The summed E-state index contributed by atoms with van der Waals surface area (Å²) in [5.74, 6) is -0.733. The third-order valence-corrected chi connectivity index (χ3v) is 3.98. The van der Waals surface area contributed by atoms with Gasteiger partial charge in [-0.1, -0.05) is 45.7 Å². The van der Waals surface area contributed by atoms with Crippen LogP contribution in [-0.2, 0) is 11.2 Å². The number of hydrogen-bond donors (Lipinski definition) is 1. The van der Waals surface area contributed by atoms with E-state index in [1.54, 1.807) is 0 Å². The molecule has 4 heteroatoms. The highest BCUT2D eigenvalue weighted by molar-refractivity contribution is 9.11. The molecule has 0 unspecified atom stereocenters. The zero-order valence-electron chi connectivity index (χ0n) is 9.96. The monoisotopic (exact) mass is 362 g/mol. The van der Waals surface area contributed by atoms with E-state index < -0.39 is 5.97 Å². The molecular weight excluding hydrogens is 348 g/mol. The van der Waals surface area contributed by atoms with Crippen LogP contribution in [0.15, 0.2) is 27.1 Å². The fourth-order valence-electron chi connectivity index (χ4n) is 1.71. The molecule has 0 saturated carbocycles. The summed E-state index contributed by atoms with van der Waals surface area (Å²) < 4.78 is 2.12. The fourth-order valence-corrected chi connectivity index (χ4v) is 2.56. The molecule has 0 aliphatic heterocycles. The molecule has 1 aromatic rings. The Labute approximate surface area is 119 Å². The minimum atomic E-state index is -0.733. The van der Waals surface area contributed by atoms with Crippen molar-refractivity contribution in [3.8, 4) is 0 Å². The summed E-state index contributed by atoms with van der Waals surface area (Å²) in [5.41, 5.74) is 1.03. The highest BCUT2D eigenvalue weighted by Crippen LogP contribution is 2.30. The average Bonchev–Trinajstić information content (AvgIpc) is 2.17. The maximum absolute atomic E-state index is 10.7. The predicted octanol–water partition coefficient (Wildman–Crippen LogP) is 4.65. The molecule has 0 bridgehead atoms. The first kappa shape index (κ1) is 14.7. The van der Waals surface area contributed by atoms with Gasteiger partial charge in [0.05, 0.1) is 6.42 Å². The lowest BCUT2D eigenvalue weighted by Gasteiger charge is -2.22. The van der Waals surface area contributed by atoms with Crippen molar-refractivity contribution < 1.29 is 9.90 Å². The molecule has 0 spiro atoms. The lowest BCUT2D eigenvalue weighted by molar-refractivity contribution is -0.139. The minimum absolute atomic E-state index is 0.173. The Kier molecular flexibility index (Phi) is 5.20. The van der Waals surface area contributed by atoms with Gasteiger partial charge in [0.15, 0.2) is 0 Å². The quantitative estimate of drug-likeness (QED) is 0.826. The van der Waals surface area contributed by atoms with Gasteiger partial charge in [0.25, 0.3) is 0 Å². The van der Waals surface area contributed by atoms with Crippen LogP contribution in [0, 0.1) is 5.41 Å². The van der Waals surface area contributed by atoms with Crippen molar-refractivity contribution in [3.05, 3.63) is 32.7 Å². The maximum atomic E-state index is 10.7. The number of carboxylic acids is 1. The van der Waals surface area contributed by atoms with Gasteiger partial charge in [-0.15, -0.1) is 0 Å². The van der Waals surface area contributed by atoms with Crippen LogP contribution in [-0.4, -0.2) is 11.1 Å². The van der Waals surface area contributed by atoms with Crippen molar-refractivity contribution in [3.63, 3.8) is 0 Å². The molecule has 17 heavy (non-hydrogen) atoms. The van der Waals surface area contributed by atoms with Crippen LogP contribution in [0.5, 0.6) is 0 Å². The second-order valence-corrected chi connectivity index (χ2v) is 6.74. The van der Waals surface area contributed by atoms with E-state index in [0.29, 0.717) is 0 Å². The fraction of sp³-hybridized carbons (Fsp3) is 0.462. The molecule has 2 nitrogen and oxygen atoms in total. The topological polar surface area (TPSA) is 37.3 Å². The Morgan fingerprint density at radius 1 is 1.35 bits per heavy atom. The van der Waals surface area contributed by atoms with Crippen LogP contribution in [0.1, 0.15) is 32.3 Å². The lowest BCUT2D eigenvalue weighted by atomic mass is 9.83. The molecule has 1 N–H and O–H groups in total. The van der Waals surface area contributed by atoms with Crippen molar-refractivity contribution in [2.75, 3.05) is 0 Å². The van der Waals surface area contributed by atoms with Gasteiger partial charge in [0, 0.05) is 8.95 Å². The van der Waals surface area contributed by atoms with E-state index in [1.165, 1.54) is 5.56 Å². The number of halogens is 2. The van der Waals surface area contributed by atoms with Crippen LogP contribution >= 0.6 is 31.9 Å². The van der Waals surface area contributed by atoms with Crippen LogP contribution in [0.2, 0.25) is 0 Å². The molecule has 0 amide bonds. The van der Waals surface area contributed by atoms with Crippen molar-refractivity contribution in [1.82, 2.24) is 0 Å². The van der Waals surface area contributed by atoms with E-state index in [4.69, 9.17) is 5.11 Å². The van der Waals surface area contributed by atoms with E-state index in [-0.39, 0.29) is 11.8 Å². The number of rotatable bonds is 5. The summed E-state index contributed by atoms with van der Waals surface area (Å²) in [5, 5.41) is 8.83. The smallest absolute Gasteiger partial charge is 0.303 e. The number of hydrogen-bond acceptors (Lipinski definition) is 1. The summed E-state index contributed by atoms with van der Waals surface area (Å²) in [6.45, 7) is 3.99. The minimum Gasteiger partial charge on any atom is -0.481 e. The highest BCUT2D eigenvalue weighted by Gasteiger charge is 2.21. The van der Waals surface area contributed by atoms with Crippen molar-refractivity contribution in [2.24, 2.45) is 5.41 Å². The Hall–Kier alpha value is -0.350. The predicted molar refractivity (Wildman–Crippen MR) is 76.2 cm³/mol. The summed E-state index contributed by atoms with van der Waals surface area (Å²) in [7, 11) is 0. The van der Waals surface area contributed by atoms with Crippen LogP contribution in [0.25, 0.3) is 0 Å². The molecule has 0 fully saturated rings. The molecule has 94 valence electrons. The molecule has 0 aliphatic carbocycles. The number of aryl methyl sites for hydroxylation is 1. The molecule has 1 aromatic carbocycles. The molecule has 1 rings (SSSR count). The van der Waals surface area contributed by atoms with E-state index in [0.717, 1.165) is 21.8 Å². The maximum Gasteiger partial charge on any atom is 0.303 e. The number of carbonyl (C=O) groups is 1. The van der Waals surface area contributed by atoms with Gasteiger partial charge in [0.2, 0.25) is 0 Å². The second kappa shape index (κ2) is 6.01. The van der Waals surface area contributed by atoms with E-state index in [9.17, 15) is 4.79 Å². The van der Waals surface area contributed by atoms with Crippen LogP contribution in [0.4, 0.5) is 0 Å². The Morgan fingerprint density at radius 2 is 2.00 bits per heavy atom. The molecule has 0 aliphatic rings. The molecular formula is C13H16Br2O2. The number of carboxylic acid groups (broad SMARTS) is 1. The Bertz CT molecular complexity index is 414. The standard InChI is InChI=1S/C13H16Br2O2/c1-13(2,8-12(16)17)6-5-9-7-10(14)3-4-11(9)15/h3-4,7H,5-6,8H2,1-2H3,(H,16,17). The summed E-state index contributed by atoms with van der Waals surface area (Å²) in [4.78, 5) is 10.7. The molecule has 0 saturated heterocycles. The van der Waals surface area contributed by atoms with E-state index in [1.807, 2.05) is 26.0 Å². The van der Waals surface area contributed by atoms with Crippen LogP contribution in [0.3, 0.4) is 0 Å². The highest BCUT2D eigenvalue weighted by atomic mass is 79.9. The first-order chi connectivity index (χ1) is 7.80. The lowest BCUT2D eigenvalue weighted by Crippen LogP contribution is -2.17. The number of benzene rings is 1. The van der Waals surface area contributed by atoms with Gasteiger partial charge in [-0.25, -0.2) is 0 Å². The van der Waals surface area contributed by atoms with Gasteiger partial charge in [-0.05, 0) is 42.0 Å². The molecule has 0 radical (unpaired) electrons. The van der Waals surface area contributed by atoms with Gasteiger partial charge < -0.3 is 5.11 Å². The normalized spacial score (nSPS) is 11.5. The Balaban J connectivity index is 2.66. The molecule has 0 aromatic heterocycles. The van der Waals surface area contributed by atoms with E-state index >= 15 is 0 Å². The summed E-state index contributed by atoms with van der Waals surface area (Å²) in [6, 6.07) is 6.06. The van der Waals surface area contributed by atoms with Gasteiger partial charge in [-0.3, -0.25) is 4.79 Å². The summed E-state index contributed by atoms with van der Waals surface area (Å²) >= 11 is 6.95. The summed E-state index contributed by atoms with van der Waals surface area (Å²) in [6.07, 6.45) is 1.94. The second-order valence-electron chi connectivity index (χ2n) is 4.97. The average molecular weight is 364 g/mol. The van der Waals surface area contributed by atoms with Crippen molar-refractivity contribution in [2.45, 2.75) is 33.1 Å². The molecule has 0 atom stereocenters. The molecule has 0 heterocycles. The van der Waals surface area contributed by atoms with Crippen LogP contribution < -0.4 is 0 Å². The first-order valence-corrected chi connectivity index (χ1v) is 7.04. The van der Waals surface area contributed by atoms with Gasteiger partial charge in [-0.2, -0.15) is 0 Å². The van der Waals surface area contributed by atoms with Crippen molar-refractivity contribution >= 4 is 37.8 Å². The third kappa shape index (κ3) is 5.21. The van der Waals surface area contributed by atoms with Gasteiger partial charge >= 0.3 is 5.97 Å². The van der Waals surface area contributed by atoms with Gasteiger partial charge in [0.1, 0.15) is 0 Å². The van der Waals surface area contributed by atoms with E-state index in [2.05, 4.69) is 37.9 Å². The largest absolute Gasteiger partial charge is 0.481 e. The van der Waals surface area contributed by atoms with Crippen molar-refractivity contribution in [1.29, 1.82) is 0 Å². The zero-order valence-corrected chi connectivity index (χ0v) is 13.1. The first-order valence-electron chi connectivity index (χ1n) is 5.46.